The van der Waals surface area contributed by atoms with Gasteiger partial charge in [0.2, 0.25) is 0 Å². The fourth-order valence-electron chi connectivity index (χ4n) is 4.02. The van der Waals surface area contributed by atoms with Crippen LogP contribution in [-0.2, 0) is 4.79 Å². The number of hydrogen-bond acceptors (Lipinski definition) is 4. The third kappa shape index (κ3) is 3.29. The lowest BCUT2D eigenvalue weighted by atomic mass is 9.71. The van der Waals surface area contributed by atoms with E-state index in [-0.39, 0.29) is 11.7 Å². The molecule has 1 aromatic carbocycles. The molecule has 0 aromatic heterocycles. The average Bonchev–Trinajstić information content (AvgIpc) is 2.66. The van der Waals surface area contributed by atoms with Gasteiger partial charge in [-0.15, -0.1) is 0 Å². The molecule has 3 rings (SSSR count). The number of nitrogens with one attached hydrogen (secondary N) is 1. The zero-order valence-electron chi connectivity index (χ0n) is 15.6. The first-order chi connectivity index (χ1) is 13.0. The molecule has 27 heavy (non-hydrogen) atoms. The number of carbonyl (C=O) groups is 2. The number of aldehydes is 1. The highest BCUT2D eigenvalue weighted by atomic mass is 16.1. The zero-order chi connectivity index (χ0) is 19.6. The van der Waals surface area contributed by atoms with E-state index in [4.69, 9.17) is 0 Å². The Kier molecular flexibility index (Phi) is 5.23. The molecule has 2 aliphatic rings. The Labute approximate surface area is 159 Å². The predicted octanol–water partition coefficient (Wildman–Crippen LogP) is 4.35. The number of nitrogens with zero attached hydrogens (tertiary/aromatic N) is 1. The molecule has 1 aliphatic heterocycles. The van der Waals surface area contributed by atoms with E-state index in [1.165, 1.54) is 0 Å². The minimum Gasteiger partial charge on any atom is -0.361 e. The maximum atomic E-state index is 13.1. The van der Waals surface area contributed by atoms with E-state index in [0.29, 0.717) is 35.1 Å². The normalized spacial score (nSPS) is 22.7. The quantitative estimate of drug-likeness (QED) is 0.642. The van der Waals surface area contributed by atoms with Crippen molar-refractivity contribution in [3.63, 3.8) is 0 Å². The van der Waals surface area contributed by atoms with E-state index in [0.717, 1.165) is 23.3 Å². The fourth-order valence-corrected chi connectivity index (χ4v) is 4.02. The van der Waals surface area contributed by atoms with E-state index in [9.17, 15) is 14.9 Å². The Morgan fingerprint density at radius 3 is 2.74 bits per heavy atom. The summed E-state index contributed by atoms with van der Waals surface area (Å²) < 4.78 is 0. The summed E-state index contributed by atoms with van der Waals surface area (Å²) in [6, 6.07) is 9.43. The summed E-state index contributed by atoms with van der Waals surface area (Å²) in [7, 11) is 0. The van der Waals surface area contributed by atoms with Crippen LogP contribution in [0.15, 0.2) is 71.1 Å². The first-order valence-corrected chi connectivity index (χ1v) is 8.99. The molecule has 0 spiro atoms. The SMILES string of the molecule is C=C/C=C(\C)C1CC(=O)C2=C(C1)NC(C)=C(C#N)C2c1ccccc1C=O. The molecule has 0 radical (unpaired) electrons. The van der Waals surface area contributed by atoms with Crippen molar-refractivity contribution < 1.29 is 9.59 Å². The monoisotopic (exact) mass is 358 g/mol. The van der Waals surface area contributed by atoms with Crippen LogP contribution in [0.2, 0.25) is 0 Å². The van der Waals surface area contributed by atoms with Crippen molar-refractivity contribution in [2.75, 3.05) is 0 Å². The largest absolute Gasteiger partial charge is 0.361 e. The topological polar surface area (TPSA) is 70.0 Å². The molecule has 2 unspecified atom stereocenters. The van der Waals surface area contributed by atoms with Gasteiger partial charge in [0.25, 0.3) is 0 Å². The van der Waals surface area contributed by atoms with Gasteiger partial charge in [0.1, 0.15) is 6.29 Å². The predicted molar refractivity (Wildman–Crippen MR) is 105 cm³/mol. The Balaban J connectivity index is 2.16. The standard InChI is InChI=1S/C23H22N2O2/c1-4-7-14(2)17-10-20-23(21(27)11-17)22(19(12-24)15(3)25-20)18-9-6-5-8-16(18)13-26/h4-9,13,17,22,25H,1,10-11H2,2-3H3/b14-7+. The summed E-state index contributed by atoms with van der Waals surface area (Å²) in [5, 5.41) is 13.0. The number of dihydropyridines is 1. The molecule has 0 saturated heterocycles. The second kappa shape index (κ2) is 7.59. The number of carbonyl (C=O) groups excluding carboxylic acids is 2. The summed E-state index contributed by atoms with van der Waals surface area (Å²) in [6.07, 6.45) is 5.56. The lowest BCUT2D eigenvalue weighted by Gasteiger charge is -2.36. The van der Waals surface area contributed by atoms with Gasteiger partial charge in [-0.1, -0.05) is 48.6 Å². The van der Waals surface area contributed by atoms with Gasteiger partial charge in [-0.2, -0.15) is 5.26 Å². The third-order valence-corrected chi connectivity index (χ3v) is 5.41. The van der Waals surface area contributed by atoms with Gasteiger partial charge in [0, 0.05) is 29.0 Å². The van der Waals surface area contributed by atoms with Gasteiger partial charge in [-0.05, 0) is 31.7 Å². The van der Waals surface area contributed by atoms with E-state index < -0.39 is 5.92 Å². The van der Waals surface area contributed by atoms with Gasteiger partial charge < -0.3 is 5.32 Å². The van der Waals surface area contributed by atoms with Crippen molar-refractivity contribution >= 4 is 12.1 Å². The summed E-state index contributed by atoms with van der Waals surface area (Å²) in [5.41, 5.74) is 5.04. The number of hydrogen-bond donors (Lipinski definition) is 1. The van der Waals surface area contributed by atoms with Crippen molar-refractivity contribution in [3.8, 4) is 6.07 Å². The zero-order valence-corrected chi connectivity index (χ0v) is 15.6. The summed E-state index contributed by atoms with van der Waals surface area (Å²) in [5.74, 6) is -0.360. The van der Waals surface area contributed by atoms with Crippen LogP contribution < -0.4 is 5.32 Å². The third-order valence-electron chi connectivity index (χ3n) is 5.41. The number of allylic oxidation sites excluding steroid dienone is 7. The molecule has 1 heterocycles. The number of rotatable bonds is 4. The molecule has 1 N–H and O–H groups in total. The average molecular weight is 358 g/mol. The van der Waals surface area contributed by atoms with Gasteiger partial charge in [-0.25, -0.2) is 0 Å². The highest BCUT2D eigenvalue weighted by molar-refractivity contribution is 6.00. The molecule has 136 valence electrons. The van der Waals surface area contributed by atoms with E-state index in [2.05, 4.69) is 18.0 Å². The van der Waals surface area contributed by atoms with Crippen LogP contribution in [0.25, 0.3) is 0 Å². The molecule has 0 saturated carbocycles. The number of Topliss-reactive ketones (excluding diaryl/α,β-unsaturated/α-hetero) is 1. The Morgan fingerprint density at radius 2 is 2.07 bits per heavy atom. The molecule has 4 nitrogen and oxygen atoms in total. The first kappa shape index (κ1) is 18.6. The van der Waals surface area contributed by atoms with E-state index >= 15 is 0 Å². The Hall–Kier alpha value is -3.19. The van der Waals surface area contributed by atoms with Crippen molar-refractivity contribution in [2.45, 2.75) is 32.6 Å². The minimum absolute atomic E-state index is 0.0246. The minimum atomic E-state index is -0.496. The number of benzene rings is 1. The van der Waals surface area contributed by atoms with Crippen LogP contribution in [0.1, 0.15) is 48.5 Å². The fraction of sp³-hybridized carbons (Fsp3) is 0.261. The maximum Gasteiger partial charge on any atom is 0.162 e. The van der Waals surface area contributed by atoms with Crippen molar-refractivity contribution in [1.29, 1.82) is 5.26 Å². The lowest BCUT2D eigenvalue weighted by molar-refractivity contribution is -0.117. The number of ketones is 1. The van der Waals surface area contributed by atoms with E-state index in [1.54, 1.807) is 18.2 Å². The molecule has 0 bridgehead atoms. The van der Waals surface area contributed by atoms with E-state index in [1.807, 2.05) is 32.1 Å². The highest BCUT2D eigenvalue weighted by Crippen LogP contribution is 2.44. The van der Waals surface area contributed by atoms with Gasteiger partial charge >= 0.3 is 0 Å². The lowest BCUT2D eigenvalue weighted by Crippen LogP contribution is -2.34. The Bertz CT molecular complexity index is 957. The first-order valence-electron chi connectivity index (χ1n) is 8.99. The molecular weight excluding hydrogens is 336 g/mol. The molecule has 1 aromatic rings. The smallest absolute Gasteiger partial charge is 0.162 e. The molecule has 0 amide bonds. The van der Waals surface area contributed by atoms with Gasteiger partial charge in [0.05, 0.1) is 17.6 Å². The van der Waals surface area contributed by atoms with Crippen LogP contribution in [-0.4, -0.2) is 12.1 Å². The van der Waals surface area contributed by atoms with Crippen LogP contribution in [0.4, 0.5) is 0 Å². The number of nitriles is 1. The van der Waals surface area contributed by atoms with Crippen LogP contribution in [0.5, 0.6) is 0 Å². The van der Waals surface area contributed by atoms with Crippen LogP contribution in [0.3, 0.4) is 0 Å². The Morgan fingerprint density at radius 1 is 1.33 bits per heavy atom. The second-order valence-electron chi connectivity index (χ2n) is 7.02. The van der Waals surface area contributed by atoms with Crippen molar-refractivity contribution in [3.05, 3.63) is 82.2 Å². The molecular formula is C23H22N2O2. The van der Waals surface area contributed by atoms with Crippen LogP contribution in [0, 0.1) is 17.2 Å². The molecule has 2 atom stereocenters. The summed E-state index contributed by atoms with van der Waals surface area (Å²) in [4.78, 5) is 24.7. The van der Waals surface area contributed by atoms with Gasteiger partial charge in [0.15, 0.2) is 5.78 Å². The van der Waals surface area contributed by atoms with Crippen LogP contribution >= 0.6 is 0 Å². The molecule has 1 aliphatic carbocycles. The second-order valence-corrected chi connectivity index (χ2v) is 7.02. The maximum absolute atomic E-state index is 13.1. The molecule has 0 fully saturated rings. The van der Waals surface area contributed by atoms with Gasteiger partial charge in [-0.3, -0.25) is 9.59 Å². The van der Waals surface area contributed by atoms with Crippen molar-refractivity contribution in [1.82, 2.24) is 5.32 Å². The van der Waals surface area contributed by atoms with Crippen molar-refractivity contribution in [2.24, 2.45) is 5.92 Å². The summed E-state index contributed by atoms with van der Waals surface area (Å²) >= 11 is 0. The highest BCUT2D eigenvalue weighted by Gasteiger charge is 2.39. The summed E-state index contributed by atoms with van der Waals surface area (Å²) in [6.45, 7) is 7.59. The molecule has 4 heteroatoms.